The molecular weight excluding hydrogens is 717 g/mol. The molecule has 0 aliphatic rings. The Hall–Kier alpha value is -0.972. The number of nitriles is 2. The largest absolute Gasteiger partial charge is 1.00 e. The molecule has 19 heteroatoms. The zero-order valence-electron chi connectivity index (χ0n) is 25.5. The van der Waals surface area contributed by atoms with Gasteiger partial charge in [-0.2, -0.15) is 10.5 Å². The van der Waals surface area contributed by atoms with Gasteiger partial charge in [-0.25, -0.2) is 18.7 Å². The SMILES string of the molecule is N#Cc1ncc(-c2cccc(F)c2)cc1Cl.N#Cc1ncc(Cl)cc1Cl.O.O=CO[O-].OB(O)c1cccc(F)c1.[2H]CF.[H-].[K+].[K+]. The smallest absolute Gasteiger partial charge is 1.00 e. The van der Waals surface area contributed by atoms with Gasteiger partial charge in [0.25, 0.3) is 6.47 Å². The van der Waals surface area contributed by atoms with E-state index in [2.05, 4.69) is 14.9 Å². The molecule has 0 saturated heterocycles. The van der Waals surface area contributed by atoms with Crippen LogP contribution in [0.25, 0.3) is 11.1 Å². The number of alkyl halides is 1. The Kier molecular flexibility index (Phi) is 32.7. The van der Waals surface area contributed by atoms with Crippen LogP contribution in [0.3, 0.4) is 0 Å². The Morgan fingerprint density at radius 3 is 1.78 bits per heavy atom. The van der Waals surface area contributed by atoms with Crippen molar-refractivity contribution in [3.8, 4) is 23.3 Å². The van der Waals surface area contributed by atoms with Crippen molar-refractivity contribution in [3.05, 3.63) is 111 Å². The maximum absolute atomic E-state index is 13.0. The molecule has 0 saturated carbocycles. The Bertz CT molecular complexity index is 1550. The normalized spacial score (nSPS) is 8.47. The van der Waals surface area contributed by atoms with Crippen LogP contribution in [0, 0.1) is 34.3 Å². The van der Waals surface area contributed by atoms with Crippen LogP contribution in [0.2, 0.25) is 15.1 Å². The second-order valence-electron chi connectivity index (χ2n) is 6.89. The van der Waals surface area contributed by atoms with Gasteiger partial charge in [0.05, 0.1) is 23.6 Å². The molecule has 0 bridgehead atoms. The summed E-state index contributed by atoms with van der Waals surface area (Å²) < 4.78 is 40.8. The molecule has 0 fully saturated rings. The first kappa shape index (κ1) is 48.4. The summed E-state index contributed by atoms with van der Waals surface area (Å²) in [5, 5.41) is 43.5. The minimum Gasteiger partial charge on any atom is -1.00 e. The number of hydrogen-bond acceptors (Lipinski definition) is 9. The molecule has 228 valence electrons. The van der Waals surface area contributed by atoms with E-state index in [1.54, 1.807) is 18.2 Å². The predicted octanol–water partition coefficient (Wildman–Crippen LogP) is -2.51. The number of hydrogen-bond donors (Lipinski definition) is 2. The van der Waals surface area contributed by atoms with Gasteiger partial charge in [-0.15, -0.1) is 0 Å². The fraction of sp³-hybridized carbons (Fsp3) is 0.0385. The van der Waals surface area contributed by atoms with Crippen LogP contribution in [-0.4, -0.2) is 46.2 Å². The van der Waals surface area contributed by atoms with Crippen LogP contribution in [0.15, 0.2) is 73.1 Å². The monoisotopic (exact) mass is 737 g/mol. The average molecular weight is 739 g/mol. The second kappa shape index (κ2) is 30.4. The Morgan fingerprint density at radius 2 is 1.40 bits per heavy atom. The van der Waals surface area contributed by atoms with Crippen molar-refractivity contribution in [2.24, 2.45) is 0 Å². The van der Waals surface area contributed by atoms with E-state index in [0.29, 0.717) is 16.1 Å². The predicted molar refractivity (Wildman–Crippen MR) is 153 cm³/mol. The van der Waals surface area contributed by atoms with Crippen molar-refractivity contribution in [1.29, 1.82) is 10.5 Å². The number of nitrogens with zero attached hydrogens (tertiary/aromatic N) is 4. The fourth-order valence-corrected chi connectivity index (χ4v) is 3.14. The number of carbonyl (C=O) groups is 1. The topological polar surface area (TPSA) is 195 Å². The number of rotatable bonds is 3. The van der Waals surface area contributed by atoms with Gasteiger partial charge < -0.3 is 27.1 Å². The van der Waals surface area contributed by atoms with E-state index in [-0.39, 0.29) is 149 Å². The van der Waals surface area contributed by atoms with Crippen molar-refractivity contribution in [2.45, 2.75) is 0 Å². The average Bonchev–Trinajstić information content (AvgIpc) is 2.98. The number of halogens is 6. The first-order valence-electron chi connectivity index (χ1n) is 11.4. The number of carbonyl (C=O) groups excluding carboxylic acids is 1. The molecule has 0 atom stereocenters. The third-order valence-electron chi connectivity index (χ3n) is 4.20. The third-order valence-corrected chi connectivity index (χ3v) is 4.99. The van der Waals surface area contributed by atoms with E-state index in [1.807, 2.05) is 12.1 Å². The molecule has 0 aliphatic heterocycles. The van der Waals surface area contributed by atoms with Gasteiger partial charge in [-0.05, 0) is 47.4 Å². The Balaban J connectivity index is -0.000000169. The maximum Gasteiger partial charge on any atom is 1.00 e. The van der Waals surface area contributed by atoms with E-state index in [4.69, 9.17) is 66.8 Å². The quantitative estimate of drug-likeness (QED) is 0.0989. The van der Waals surface area contributed by atoms with Gasteiger partial charge in [0.1, 0.15) is 23.8 Å². The van der Waals surface area contributed by atoms with Crippen molar-refractivity contribution >= 4 is 53.9 Å². The zero-order valence-corrected chi connectivity index (χ0v) is 32.0. The van der Waals surface area contributed by atoms with Crippen LogP contribution in [0.5, 0.6) is 0 Å². The van der Waals surface area contributed by atoms with Gasteiger partial charge in [0, 0.05) is 18.0 Å². The number of aromatic nitrogens is 2. The summed E-state index contributed by atoms with van der Waals surface area (Å²) in [5.74, 6) is -0.788. The van der Waals surface area contributed by atoms with Crippen molar-refractivity contribution in [1.82, 2.24) is 9.97 Å². The van der Waals surface area contributed by atoms with Crippen LogP contribution >= 0.6 is 34.8 Å². The van der Waals surface area contributed by atoms with Gasteiger partial charge in [-0.3, -0.25) is 9.18 Å². The molecule has 4 rings (SSSR count). The van der Waals surface area contributed by atoms with E-state index in [0.717, 1.165) is 6.07 Å². The summed E-state index contributed by atoms with van der Waals surface area (Å²) in [6.07, 6.45) is 2.88. The summed E-state index contributed by atoms with van der Waals surface area (Å²) in [7, 11) is -2.59. The molecule has 0 unspecified atom stereocenters. The molecule has 10 nitrogen and oxygen atoms in total. The summed E-state index contributed by atoms with van der Waals surface area (Å²) >= 11 is 16.9. The van der Waals surface area contributed by atoms with Gasteiger partial charge in [-0.1, -0.05) is 59.1 Å². The molecule has 0 spiro atoms. The fourth-order valence-electron chi connectivity index (χ4n) is 2.51. The summed E-state index contributed by atoms with van der Waals surface area (Å²) in [6, 6.07) is 18.1. The number of pyridine rings is 2. The zero-order chi connectivity index (χ0) is 32.8. The van der Waals surface area contributed by atoms with Crippen LogP contribution in [-0.2, 0) is 9.68 Å². The van der Waals surface area contributed by atoms with E-state index >= 15 is 0 Å². The minimum atomic E-state index is -1.59. The van der Waals surface area contributed by atoms with Crippen molar-refractivity contribution in [3.63, 3.8) is 0 Å². The molecule has 45 heavy (non-hydrogen) atoms. The van der Waals surface area contributed by atoms with Gasteiger partial charge >= 0.3 is 110 Å². The van der Waals surface area contributed by atoms with Gasteiger partial charge in [0.2, 0.25) is 0 Å². The summed E-state index contributed by atoms with van der Waals surface area (Å²) in [6.45, 7) is -0.181. The summed E-state index contributed by atoms with van der Waals surface area (Å²) in [4.78, 5) is 18.8. The molecule has 0 aliphatic carbocycles. The Morgan fingerprint density at radius 1 is 0.933 bits per heavy atom. The van der Waals surface area contributed by atoms with Crippen LogP contribution in [0.4, 0.5) is 13.2 Å². The molecule has 0 radical (unpaired) electrons. The molecule has 2 heterocycles. The second-order valence-corrected chi connectivity index (χ2v) is 8.14. The standard InChI is InChI=1S/C12H6ClFN2.C6H6BFO2.C6H2Cl2N2.CH3F.CH2O3.2K.H2O.H/c13-11-5-9(7-16-12(11)6-15)8-2-1-3-10(14)4-8;8-6-3-1-2-5(4-6)7(9)10;7-4-1-5(8)6(2-9)10-3-4;1-2;2-1-4-3;;;;/h1-5,7H;1-4,9-10H;1,3H;1H3;1,3H;;;1H2;/q;;;;;2*+1;;-1/p-1/i;;;1D;;;;;. The maximum atomic E-state index is 13.0. The van der Waals surface area contributed by atoms with Gasteiger partial charge in [0.15, 0.2) is 11.4 Å². The summed E-state index contributed by atoms with van der Waals surface area (Å²) in [5.41, 5.74) is 1.90. The minimum absolute atomic E-state index is 0. The molecule has 0 amide bonds. The number of benzene rings is 2. The van der Waals surface area contributed by atoms with E-state index < -0.39 is 20.1 Å². The Labute approximate surface area is 359 Å². The van der Waals surface area contributed by atoms with E-state index in [1.165, 1.54) is 48.8 Å². The van der Waals surface area contributed by atoms with Crippen molar-refractivity contribution in [2.75, 3.05) is 7.15 Å². The molecular formula is C26H21BCl3F3K2N4O6. The van der Waals surface area contributed by atoms with Crippen LogP contribution < -0.4 is 113 Å². The third kappa shape index (κ3) is 21.5. The molecule has 4 N–H and O–H groups in total. The van der Waals surface area contributed by atoms with Crippen LogP contribution in [0.1, 0.15) is 14.2 Å². The first-order valence-corrected chi connectivity index (χ1v) is 11.8. The van der Waals surface area contributed by atoms with Crippen molar-refractivity contribution < 1.29 is 149 Å². The molecule has 2 aromatic heterocycles. The van der Waals surface area contributed by atoms with E-state index in [9.17, 15) is 13.2 Å². The molecule has 2 aromatic carbocycles. The molecule has 4 aromatic rings. The first-order chi connectivity index (χ1) is 20.5.